The molecule has 0 aliphatic rings. The van der Waals surface area contributed by atoms with Crippen molar-refractivity contribution in [2.45, 2.75) is 13.5 Å². The number of nitrogens with zero attached hydrogens (tertiary/aromatic N) is 4. The molecule has 0 aliphatic carbocycles. The molecular formula is C25H22N6. The first kappa shape index (κ1) is 18.8. The van der Waals surface area contributed by atoms with Crippen LogP contribution in [0.4, 0.5) is 17.5 Å². The highest BCUT2D eigenvalue weighted by molar-refractivity contribution is 5.90. The monoisotopic (exact) mass is 406 g/mol. The third-order valence-corrected chi connectivity index (χ3v) is 5.12. The highest BCUT2D eigenvalue weighted by atomic mass is 15.3. The summed E-state index contributed by atoms with van der Waals surface area (Å²) in [6, 6.07) is 28.4. The van der Waals surface area contributed by atoms with E-state index < -0.39 is 0 Å². The van der Waals surface area contributed by atoms with Crippen LogP contribution in [-0.2, 0) is 6.54 Å². The summed E-state index contributed by atoms with van der Waals surface area (Å²) in [6.07, 6.45) is 1.81. The van der Waals surface area contributed by atoms with Gasteiger partial charge in [0.15, 0.2) is 5.65 Å². The molecule has 2 heterocycles. The van der Waals surface area contributed by atoms with E-state index in [1.165, 1.54) is 0 Å². The maximum absolute atomic E-state index is 4.79. The summed E-state index contributed by atoms with van der Waals surface area (Å²) >= 11 is 0. The smallest absolute Gasteiger partial charge is 0.227 e. The van der Waals surface area contributed by atoms with E-state index in [4.69, 9.17) is 9.97 Å². The zero-order valence-electron chi connectivity index (χ0n) is 17.2. The van der Waals surface area contributed by atoms with Crippen molar-refractivity contribution in [2.24, 2.45) is 0 Å². The maximum atomic E-state index is 4.79. The number of anilines is 3. The first-order valence-electron chi connectivity index (χ1n) is 10.2. The van der Waals surface area contributed by atoms with Crippen LogP contribution in [0.1, 0.15) is 11.1 Å². The summed E-state index contributed by atoms with van der Waals surface area (Å²) in [5.41, 5.74) is 5.00. The number of aromatic nitrogens is 4. The van der Waals surface area contributed by atoms with Gasteiger partial charge in [-0.15, -0.1) is 0 Å². The Balaban J connectivity index is 1.58. The van der Waals surface area contributed by atoms with Crippen molar-refractivity contribution in [1.82, 2.24) is 19.7 Å². The van der Waals surface area contributed by atoms with Gasteiger partial charge in [-0.3, -0.25) is 0 Å². The van der Waals surface area contributed by atoms with Crippen molar-refractivity contribution < 1.29 is 0 Å². The molecule has 0 atom stereocenters. The van der Waals surface area contributed by atoms with Crippen LogP contribution >= 0.6 is 0 Å². The minimum Gasteiger partial charge on any atom is -0.350 e. The van der Waals surface area contributed by atoms with Crippen LogP contribution in [0.2, 0.25) is 0 Å². The van der Waals surface area contributed by atoms with Crippen LogP contribution in [-0.4, -0.2) is 19.7 Å². The second-order valence-electron chi connectivity index (χ2n) is 7.30. The quantitative estimate of drug-likeness (QED) is 0.391. The second kappa shape index (κ2) is 8.28. The number of nitrogens with one attached hydrogen (secondary N) is 2. The molecule has 0 saturated carbocycles. The minimum atomic E-state index is 0.546. The van der Waals surface area contributed by atoms with E-state index in [-0.39, 0.29) is 0 Å². The number of hydrogen-bond donors (Lipinski definition) is 2. The molecule has 0 bridgehead atoms. The van der Waals surface area contributed by atoms with Gasteiger partial charge < -0.3 is 10.6 Å². The number of benzene rings is 3. The average molecular weight is 406 g/mol. The van der Waals surface area contributed by atoms with Gasteiger partial charge in [-0.05, 0) is 36.2 Å². The Morgan fingerprint density at radius 1 is 0.806 bits per heavy atom. The van der Waals surface area contributed by atoms with Gasteiger partial charge in [0.25, 0.3) is 0 Å². The van der Waals surface area contributed by atoms with E-state index >= 15 is 0 Å². The average Bonchev–Trinajstić information content (AvgIpc) is 3.25. The van der Waals surface area contributed by atoms with Crippen LogP contribution in [0.3, 0.4) is 0 Å². The molecule has 152 valence electrons. The molecule has 2 aromatic heterocycles. The van der Waals surface area contributed by atoms with Gasteiger partial charge in [0.2, 0.25) is 5.95 Å². The second-order valence-corrected chi connectivity index (χ2v) is 7.30. The standard InChI is InChI=1S/C25H22N6/c1-18-10-8-9-15-22(18)28-23-21-17-27-31(20-13-6-3-7-14-20)24(21)30-25(29-23)26-16-19-11-4-2-5-12-19/h2-15,17H,16H2,1H3,(H2,26,28,29,30). The first-order chi connectivity index (χ1) is 15.3. The molecule has 0 fully saturated rings. The van der Waals surface area contributed by atoms with Crippen molar-refractivity contribution in [3.05, 3.63) is 102 Å². The highest BCUT2D eigenvalue weighted by Gasteiger charge is 2.15. The summed E-state index contributed by atoms with van der Waals surface area (Å²) < 4.78 is 1.84. The summed E-state index contributed by atoms with van der Waals surface area (Å²) in [6.45, 7) is 2.71. The number of aryl methyl sites for hydroxylation is 1. The van der Waals surface area contributed by atoms with Gasteiger partial charge in [-0.25, -0.2) is 4.68 Å². The van der Waals surface area contributed by atoms with Crippen LogP contribution in [0.15, 0.2) is 91.1 Å². The van der Waals surface area contributed by atoms with Gasteiger partial charge in [0, 0.05) is 12.2 Å². The number of hydrogen-bond acceptors (Lipinski definition) is 5. The number of rotatable bonds is 6. The fourth-order valence-corrected chi connectivity index (χ4v) is 3.46. The van der Waals surface area contributed by atoms with Crippen molar-refractivity contribution in [1.29, 1.82) is 0 Å². The molecule has 0 aliphatic heterocycles. The lowest BCUT2D eigenvalue weighted by Gasteiger charge is -2.12. The fraction of sp³-hybridized carbons (Fsp3) is 0.0800. The van der Waals surface area contributed by atoms with Crippen molar-refractivity contribution >= 4 is 28.5 Å². The van der Waals surface area contributed by atoms with Crippen LogP contribution < -0.4 is 10.6 Å². The third-order valence-electron chi connectivity index (χ3n) is 5.12. The van der Waals surface area contributed by atoms with E-state index in [0.29, 0.717) is 12.5 Å². The summed E-state index contributed by atoms with van der Waals surface area (Å²) in [5.74, 6) is 1.27. The van der Waals surface area contributed by atoms with E-state index in [1.54, 1.807) is 0 Å². The summed E-state index contributed by atoms with van der Waals surface area (Å²) in [7, 11) is 0. The topological polar surface area (TPSA) is 67.7 Å². The molecule has 0 radical (unpaired) electrons. The normalized spacial score (nSPS) is 10.9. The Morgan fingerprint density at radius 2 is 1.52 bits per heavy atom. The Bertz CT molecular complexity index is 1310. The van der Waals surface area contributed by atoms with Crippen molar-refractivity contribution in [3.63, 3.8) is 0 Å². The van der Waals surface area contributed by atoms with E-state index in [2.05, 4.69) is 40.9 Å². The molecule has 2 N–H and O–H groups in total. The molecule has 31 heavy (non-hydrogen) atoms. The molecule has 0 spiro atoms. The Kier molecular flexibility index (Phi) is 5.02. The Hall–Kier alpha value is -4.19. The van der Waals surface area contributed by atoms with E-state index in [1.807, 2.05) is 77.6 Å². The molecule has 6 nitrogen and oxygen atoms in total. The molecule has 6 heteroatoms. The molecule has 0 saturated heterocycles. The summed E-state index contributed by atoms with van der Waals surface area (Å²) in [5, 5.41) is 12.3. The highest BCUT2D eigenvalue weighted by Crippen LogP contribution is 2.28. The third kappa shape index (κ3) is 3.96. The predicted octanol–water partition coefficient (Wildman–Crippen LogP) is 5.48. The van der Waals surface area contributed by atoms with Gasteiger partial charge >= 0.3 is 0 Å². The van der Waals surface area contributed by atoms with Gasteiger partial charge in [0.05, 0.1) is 17.3 Å². The Morgan fingerprint density at radius 3 is 2.29 bits per heavy atom. The lowest BCUT2D eigenvalue weighted by Crippen LogP contribution is -2.07. The van der Waals surface area contributed by atoms with Crippen LogP contribution in [0.25, 0.3) is 16.7 Å². The largest absolute Gasteiger partial charge is 0.350 e. The maximum Gasteiger partial charge on any atom is 0.227 e. The molecule has 5 aromatic rings. The zero-order valence-corrected chi connectivity index (χ0v) is 17.2. The SMILES string of the molecule is Cc1ccccc1Nc1nc(NCc2ccccc2)nc2c1cnn2-c1ccccc1. The van der Waals surface area contributed by atoms with Gasteiger partial charge in [-0.2, -0.15) is 15.1 Å². The van der Waals surface area contributed by atoms with Crippen LogP contribution in [0, 0.1) is 6.92 Å². The molecule has 0 unspecified atom stereocenters. The number of para-hydroxylation sites is 2. The lowest BCUT2D eigenvalue weighted by atomic mass is 10.2. The molecule has 5 rings (SSSR count). The molecule has 3 aromatic carbocycles. The Labute approximate surface area is 180 Å². The predicted molar refractivity (Wildman–Crippen MR) is 125 cm³/mol. The minimum absolute atomic E-state index is 0.546. The van der Waals surface area contributed by atoms with Crippen molar-refractivity contribution in [2.75, 3.05) is 10.6 Å². The van der Waals surface area contributed by atoms with E-state index in [9.17, 15) is 0 Å². The lowest BCUT2D eigenvalue weighted by molar-refractivity contribution is 0.894. The van der Waals surface area contributed by atoms with E-state index in [0.717, 1.165) is 39.4 Å². The number of fused-ring (bicyclic) bond motifs is 1. The fourth-order valence-electron chi connectivity index (χ4n) is 3.46. The van der Waals surface area contributed by atoms with Gasteiger partial charge in [0.1, 0.15) is 5.82 Å². The van der Waals surface area contributed by atoms with Gasteiger partial charge in [-0.1, -0.05) is 66.7 Å². The molecule has 0 amide bonds. The van der Waals surface area contributed by atoms with Crippen LogP contribution in [0.5, 0.6) is 0 Å². The zero-order chi connectivity index (χ0) is 21.0. The first-order valence-corrected chi connectivity index (χ1v) is 10.2. The van der Waals surface area contributed by atoms with Crippen molar-refractivity contribution in [3.8, 4) is 5.69 Å². The summed E-state index contributed by atoms with van der Waals surface area (Å²) in [4.78, 5) is 9.56. The molecular weight excluding hydrogens is 384 g/mol.